The van der Waals surface area contributed by atoms with Crippen molar-refractivity contribution in [1.29, 1.82) is 5.26 Å². The molecular formula is C21H22ClN3O. The van der Waals surface area contributed by atoms with E-state index < -0.39 is 0 Å². The summed E-state index contributed by atoms with van der Waals surface area (Å²) < 4.78 is 1.71. The number of anilines is 1. The molecule has 0 radical (unpaired) electrons. The Balaban J connectivity index is 1.50. The fraction of sp³-hybridized carbons (Fsp3) is 0.429. The zero-order valence-electron chi connectivity index (χ0n) is 14.7. The van der Waals surface area contributed by atoms with Crippen molar-refractivity contribution in [3.63, 3.8) is 0 Å². The van der Waals surface area contributed by atoms with Crippen LogP contribution in [-0.4, -0.2) is 17.7 Å². The lowest BCUT2D eigenvalue weighted by Crippen LogP contribution is -2.35. The van der Waals surface area contributed by atoms with Crippen LogP contribution < -0.4 is 10.5 Å². The van der Waals surface area contributed by atoms with Crippen molar-refractivity contribution in [2.45, 2.75) is 38.1 Å². The van der Waals surface area contributed by atoms with E-state index in [0.29, 0.717) is 11.8 Å². The van der Waals surface area contributed by atoms with E-state index in [1.807, 2.05) is 24.4 Å². The largest absolute Gasteiger partial charge is 0.370 e. The van der Waals surface area contributed by atoms with Crippen LogP contribution in [0.25, 0.3) is 0 Å². The number of rotatable bonds is 4. The van der Waals surface area contributed by atoms with Gasteiger partial charge in [0.25, 0.3) is 5.56 Å². The summed E-state index contributed by atoms with van der Waals surface area (Å²) in [6.07, 6.45) is 6.26. The topological polar surface area (TPSA) is 49.0 Å². The van der Waals surface area contributed by atoms with Gasteiger partial charge in [-0.1, -0.05) is 23.7 Å². The number of halogens is 1. The molecule has 134 valence electrons. The van der Waals surface area contributed by atoms with Crippen molar-refractivity contribution >= 4 is 17.3 Å². The molecule has 1 aromatic heterocycles. The summed E-state index contributed by atoms with van der Waals surface area (Å²) >= 11 is 5.98. The Kier molecular flexibility index (Phi) is 4.74. The Labute approximate surface area is 158 Å². The molecule has 2 heterocycles. The maximum atomic E-state index is 12.6. The van der Waals surface area contributed by atoms with Gasteiger partial charge in [0, 0.05) is 30.9 Å². The standard InChI is InChI=1S/C21H22ClN3O/c22-18-5-3-16(4-6-18)17-7-10-24(11-8-17)20-9-12-25(14-15-1-2-15)21(26)19(20)13-23/h3-6,9,12,15,17H,1-2,7-8,10-11,14H2. The monoisotopic (exact) mass is 367 g/mol. The average molecular weight is 368 g/mol. The van der Waals surface area contributed by atoms with Crippen LogP contribution in [0.15, 0.2) is 41.3 Å². The van der Waals surface area contributed by atoms with Crippen LogP contribution in [0, 0.1) is 17.2 Å². The quantitative estimate of drug-likeness (QED) is 0.814. The van der Waals surface area contributed by atoms with Crippen molar-refractivity contribution in [1.82, 2.24) is 4.57 Å². The molecule has 4 rings (SSSR count). The highest BCUT2D eigenvalue weighted by Crippen LogP contribution is 2.32. The van der Waals surface area contributed by atoms with Gasteiger partial charge in [0.05, 0.1) is 5.69 Å². The van der Waals surface area contributed by atoms with Crippen LogP contribution in [0.4, 0.5) is 5.69 Å². The third kappa shape index (κ3) is 3.50. The number of piperidine rings is 1. The molecule has 2 fully saturated rings. The first-order chi connectivity index (χ1) is 12.7. The van der Waals surface area contributed by atoms with Crippen LogP contribution in [0.5, 0.6) is 0 Å². The molecule has 0 amide bonds. The predicted octanol–water partition coefficient (Wildman–Crippen LogP) is 4.17. The molecule has 1 aliphatic carbocycles. The normalized spacial score (nSPS) is 17.9. The number of pyridine rings is 1. The number of benzene rings is 1. The van der Waals surface area contributed by atoms with Crippen molar-refractivity contribution in [2.75, 3.05) is 18.0 Å². The van der Waals surface area contributed by atoms with Crippen molar-refractivity contribution in [3.8, 4) is 6.07 Å². The fourth-order valence-electron chi connectivity index (χ4n) is 3.84. The summed E-state index contributed by atoms with van der Waals surface area (Å²) in [5.74, 6) is 1.12. The summed E-state index contributed by atoms with van der Waals surface area (Å²) in [4.78, 5) is 14.8. The number of hydrogen-bond donors (Lipinski definition) is 0. The van der Waals surface area contributed by atoms with Crippen LogP contribution in [0.2, 0.25) is 5.02 Å². The van der Waals surface area contributed by atoms with Gasteiger partial charge in [-0.3, -0.25) is 4.79 Å². The second-order valence-electron chi connectivity index (χ2n) is 7.40. The molecule has 2 aromatic rings. The lowest BCUT2D eigenvalue weighted by atomic mass is 9.89. The van der Waals surface area contributed by atoms with Crippen molar-refractivity contribution in [3.05, 3.63) is 63.0 Å². The van der Waals surface area contributed by atoms with Crippen LogP contribution in [0.1, 0.15) is 42.7 Å². The van der Waals surface area contributed by atoms with Gasteiger partial charge in [0.1, 0.15) is 11.6 Å². The highest BCUT2D eigenvalue weighted by Gasteiger charge is 2.26. The third-order valence-electron chi connectivity index (χ3n) is 5.58. The van der Waals surface area contributed by atoms with E-state index in [9.17, 15) is 10.1 Å². The molecule has 0 spiro atoms. The average Bonchev–Trinajstić information content (AvgIpc) is 3.48. The summed E-state index contributed by atoms with van der Waals surface area (Å²) in [5, 5.41) is 10.3. The number of nitriles is 1. The van der Waals surface area contributed by atoms with Gasteiger partial charge < -0.3 is 9.47 Å². The van der Waals surface area contributed by atoms with Crippen LogP contribution in [-0.2, 0) is 6.54 Å². The minimum atomic E-state index is -0.142. The Morgan fingerprint density at radius 1 is 1.08 bits per heavy atom. The molecule has 2 aliphatic rings. The Bertz CT molecular complexity index is 885. The van der Waals surface area contributed by atoms with Gasteiger partial charge in [-0.2, -0.15) is 5.26 Å². The number of nitrogens with zero attached hydrogens (tertiary/aromatic N) is 3. The molecule has 1 saturated carbocycles. The molecule has 0 bridgehead atoms. The molecule has 1 aliphatic heterocycles. The van der Waals surface area contributed by atoms with Crippen LogP contribution >= 0.6 is 11.6 Å². The zero-order chi connectivity index (χ0) is 18.1. The Morgan fingerprint density at radius 3 is 2.38 bits per heavy atom. The summed E-state index contributed by atoms with van der Waals surface area (Å²) in [7, 11) is 0. The highest BCUT2D eigenvalue weighted by molar-refractivity contribution is 6.30. The molecule has 0 N–H and O–H groups in total. The van der Waals surface area contributed by atoms with Gasteiger partial charge >= 0.3 is 0 Å². The Hall–Kier alpha value is -2.25. The van der Waals surface area contributed by atoms with E-state index in [4.69, 9.17) is 11.6 Å². The summed E-state index contributed by atoms with van der Waals surface area (Å²) in [5.41, 5.74) is 2.25. The second-order valence-corrected chi connectivity index (χ2v) is 7.84. The highest BCUT2D eigenvalue weighted by atomic mass is 35.5. The van der Waals surface area contributed by atoms with E-state index in [1.54, 1.807) is 4.57 Å². The molecule has 26 heavy (non-hydrogen) atoms. The third-order valence-corrected chi connectivity index (χ3v) is 5.84. The first kappa shape index (κ1) is 17.2. The lowest BCUT2D eigenvalue weighted by molar-refractivity contribution is 0.504. The molecule has 5 heteroatoms. The maximum absolute atomic E-state index is 12.6. The Morgan fingerprint density at radius 2 is 1.77 bits per heavy atom. The molecule has 1 saturated heterocycles. The van der Waals surface area contributed by atoms with E-state index in [-0.39, 0.29) is 11.1 Å². The van der Waals surface area contributed by atoms with Gasteiger partial charge in [-0.25, -0.2) is 0 Å². The SMILES string of the molecule is N#Cc1c(N2CCC(c3ccc(Cl)cc3)CC2)ccn(CC2CC2)c1=O. The van der Waals surface area contributed by atoms with Gasteiger partial charge in [0.15, 0.2) is 0 Å². The predicted molar refractivity (Wildman–Crippen MR) is 104 cm³/mol. The molecule has 4 nitrogen and oxygen atoms in total. The maximum Gasteiger partial charge on any atom is 0.270 e. The van der Waals surface area contributed by atoms with E-state index >= 15 is 0 Å². The summed E-state index contributed by atoms with van der Waals surface area (Å²) in [6.45, 7) is 2.45. The van der Waals surface area contributed by atoms with Gasteiger partial charge in [-0.05, 0) is 61.3 Å². The number of aromatic nitrogens is 1. The zero-order valence-corrected chi connectivity index (χ0v) is 15.5. The first-order valence-electron chi connectivity index (χ1n) is 9.29. The summed E-state index contributed by atoms with van der Waals surface area (Å²) in [6, 6.07) is 12.2. The molecule has 0 unspecified atom stereocenters. The molecule has 0 atom stereocenters. The number of hydrogen-bond acceptors (Lipinski definition) is 3. The van der Waals surface area contributed by atoms with Gasteiger partial charge in [-0.15, -0.1) is 0 Å². The van der Waals surface area contributed by atoms with E-state index in [2.05, 4.69) is 23.1 Å². The van der Waals surface area contributed by atoms with E-state index in [1.165, 1.54) is 18.4 Å². The fourth-order valence-corrected chi connectivity index (χ4v) is 3.97. The second kappa shape index (κ2) is 7.17. The first-order valence-corrected chi connectivity index (χ1v) is 9.67. The van der Waals surface area contributed by atoms with Crippen molar-refractivity contribution in [2.24, 2.45) is 5.92 Å². The van der Waals surface area contributed by atoms with Gasteiger partial charge in [0.2, 0.25) is 0 Å². The minimum Gasteiger partial charge on any atom is -0.370 e. The van der Waals surface area contributed by atoms with Crippen LogP contribution in [0.3, 0.4) is 0 Å². The lowest BCUT2D eigenvalue weighted by Gasteiger charge is -2.34. The molecular weight excluding hydrogens is 346 g/mol. The minimum absolute atomic E-state index is 0.142. The van der Waals surface area contributed by atoms with E-state index in [0.717, 1.165) is 43.2 Å². The smallest absolute Gasteiger partial charge is 0.270 e. The molecule has 1 aromatic carbocycles. The van der Waals surface area contributed by atoms with Crippen molar-refractivity contribution < 1.29 is 0 Å².